The van der Waals surface area contributed by atoms with Gasteiger partial charge in [0.15, 0.2) is 0 Å². The predicted octanol–water partition coefficient (Wildman–Crippen LogP) is 6.57. The van der Waals surface area contributed by atoms with Crippen molar-refractivity contribution in [2.45, 2.75) is 33.2 Å². The van der Waals surface area contributed by atoms with E-state index < -0.39 is 0 Å². The number of para-hydroxylation sites is 1. The molecule has 1 heterocycles. The van der Waals surface area contributed by atoms with Crippen LogP contribution < -0.4 is 10.1 Å². The third-order valence-electron chi connectivity index (χ3n) is 5.44. The van der Waals surface area contributed by atoms with Gasteiger partial charge >= 0.3 is 0 Å². The number of hydrogen-bond acceptors (Lipinski definition) is 4. The lowest BCUT2D eigenvalue weighted by Crippen LogP contribution is -2.23. The van der Waals surface area contributed by atoms with E-state index in [1.54, 1.807) is 11.3 Å². The Kier molecular flexibility index (Phi) is 7.53. The summed E-state index contributed by atoms with van der Waals surface area (Å²) < 4.78 is 5.89. The standard InChI is InChI=1S/C28H28N2O2S/c1-20-9-6-10-21(2)27(20)32-16-8-15-26(31)29-18-22-11-7-14-24(17-22)28-30-25(19-33-28)23-12-4-3-5-13-23/h3-7,9-14,17,19H,8,15-16,18H2,1-2H3,(H,29,31). The number of carbonyl (C=O) groups is 1. The lowest BCUT2D eigenvalue weighted by molar-refractivity contribution is -0.121. The number of ether oxygens (including phenoxy) is 1. The lowest BCUT2D eigenvalue weighted by Gasteiger charge is -2.12. The second-order valence-electron chi connectivity index (χ2n) is 8.05. The highest BCUT2D eigenvalue weighted by atomic mass is 32.1. The molecule has 0 unspecified atom stereocenters. The van der Waals surface area contributed by atoms with Crippen molar-refractivity contribution in [3.05, 3.63) is 94.9 Å². The molecule has 0 saturated carbocycles. The Morgan fingerprint density at radius 2 is 1.67 bits per heavy atom. The first-order valence-corrected chi connectivity index (χ1v) is 12.0. The number of nitrogens with zero attached hydrogens (tertiary/aromatic N) is 1. The molecule has 33 heavy (non-hydrogen) atoms. The van der Waals surface area contributed by atoms with E-state index in [0.717, 1.165) is 44.3 Å². The molecule has 0 aliphatic heterocycles. The minimum Gasteiger partial charge on any atom is -0.493 e. The van der Waals surface area contributed by atoms with Gasteiger partial charge in [0.2, 0.25) is 5.91 Å². The fourth-order valence-electron chi connectivity index (χ4n) is 3.68. The summed E-state index contributed by atoms with van der Waals surface area (Å²) in [5, 5.41) is 6.08. The summed E-state index contributed by atoms with van der Waals surface area (Å²) in [4.78, 5) is 17.1. The van der Waals surface area contributed by atoms with Gasteiger partial charge in [0.1, 0.15) is 10.8 Å². The molecular formula is C28H28N2O2S. The first-order chi connectivity index (χ1) is 16.1. The van der Waals surface area contributed by atoms with Crippen molar-refractivity contribution in [3.8, 4) is 27.6 Å². The van der Waals surface area contributed by atoms with Crippen LogP contribution in [-0.2, 0) is 11.3 Å². The normalized spacial score (nSPS) is 10.7. The van der Waals surface area contributed by atoms with Gasteiger partial charge in [-0.15, -0.1) is 11.3 Å². The van der Waals surface area contributed by atoms with Crippen molar-refractivity contribution in [2.24, 2.45) is 0 Å². The number of nitrogens with one attached hydrogen (secondary N) is 1. The average molecular weight is 457 g/mol. The summed E-state index contributed by atoms with van der Waals surface area (Å²) in [6.45, 7) is 5.11. The summed E-state index contributed by atoms with van der Waals surface area (Å²) in [5.74, 6) is 0.957. The molecule has 1 amide bonds. The van der Waals surface area contributed by atoms with Gasteiger partial charge in [0.25, 0.3) is 0 Å². The van der Waals surface area contributed by atoms with Gasteiger partial charge < -0.3 is 10.1 Å². The molecule has 0 radical (unpaired) electrons. The smallest absolute Gasteiger partial charge is 0.220 e. The maximum atomic E-state index is 12.3. The maximum absolute atomic E-state index is 12.3. The quantitative estimate of drug-likeness (QED) is 0.290. The highest BCUT2D eigenvalue weighted by Gasteiger charge is 2.08. The summed E-state index contributed by atoms with van der Waals surface area (Å²) in [6.07, 6.45) is 1.12. The predicted molar refractivity (Wildman–Crippen MR) is 135 cm³/mol. The molecule has 4 nitrogen and oxygen atoms in total. The number of thiazole rings is 1. The van der Waals surface area contributed by atoms with Crippen molar-refractivity contribution in [3.63, 3.8) is 0 Å². The van der Waals surface area contributed by atoms with E-state index in [2.05, 4.69) is 35.0 Å². The second-order valence-corrected chi connectivity index (χ2v) is 8.91. The minimum absolute atomic E-state index is 0.0334. The van der Waals surface area contributed by atoms with Crippen LogP contribution in [0.3, 0.4) is 0 Å². The molecule has 5 heteroatoms. The summed E-state index contributed by atoms with van der Waals surface area (Å²) >= 11 is 1.63. The Hall–Kier alpha value is -3.44. The van der Waals surface area contributed by atoms with Crippen molar-refractivity contribution in [1.29, 1.82) is 0 Å². The Morgan fingerprint density at radius 1 is 0.939 bits per heavy atom. The Bertz CT molecular complexity index is 1200. The topological polar surface area (TPSA) is 51.2 Å². The van der Waals surface area contributed by atoms with Gasteiger partial charge in [-0.3, -0.25) is 4.79 Å². The van der Waals surface area contributed by atoms with Crippen molar-refractivity contribution < 1.29 is 9.53 Å². The average Bonchev–Trinajstić information content (AvgIpc) is 3.33. The largest absolute Gasteiger partial charge is 0.493 e. The molecule has 0 atom stereocenters. The Balaban J connectivity index is 1.27. The van der Waals surface area contributed by atoms with Crippen LogP contribution in [0.15, 0.2) is 78.2 Å². The van der Waals surface area contributed by atoms with E-state index in [1.165, 1.54) is 0 Å². The fourth-order valence-corrected chi connectivity index (χ4v) is 4.51. The number of aryl methyl sites for hydroxylation is 2. The molecular weight excluding hydrogens is 428 g/mol. The zero-order valence-electron chi connectivity index (χ0n) is 19.0. The molecule has 168 valence electrons. The molecule has 4 rings (SSSR count). The molecule has 4 aromatic rings. The first-order valence-electron chi connectivity index (χ1n) is 11.2. The van der Waals surface area contributed by atoms with Gasteiger partial charge in [-0.2, -0.15) is 0 Å². The Morgan fingerprint density at radius 3 is 2.45 bits per heavy atom. The van der Waals surface area contributed by atoms with Crippen LogP contribution >= 0.6 is 11.3 Å². The van der Waals surface area contributed by atoms with Crippen LogP contribution in [-0.4, -0.2) is 17.5 Å². The van der Waals surface area contributed by atoms with Gasteiger partial charge in [-0.25, -0.2) is 4.98 Å². The monoisotopic (exact) mass is 456 g/mol. The SMILES string of the molecule is Cc1cccc(C)c1OCCCC(=O)NCc1cccc(-c2nc(-c3ccccc3)cs2)c1. The number of amides is 1. The van der Waals surface area contributed by atoms with Crippen LogP contribution in [0.25, 0.3) is 21.8 Å². The van der Waals surface area contributed by atoms with Crippen molar-refractivity contribution >= 4 is 17.2 Å². The van der Waals surface area contributed by atoms with Gasteiger partial charge in [-0.1, -0.05) is 66.7 Å². The molecule has 1 N–H and O–H groups in total. The van der Waals surface area contributed by atoms with Gasteiger partial charge in [0.05, 0.1) is 12.3 Å². The lowest BCUT2D eigenvalue weighted by atomic mass is 10.1. The van der Waals surface area contributed by atoms with E-state index in [9.17, 15) is 4.79 Å². The van der Waals surface area contributed by atoms with Crippen molar-refractivity contribution in [1.82, 2.24) is 10.3 Å². The highest BCUT2D eigenvalue weighted by molar-refractivity contribution is 7.13. The summed E-state index contributed by atoms with van der Waals surface area (Å²) in [5.41, 5.74) is 6.47. The zero-order chi connectivity index (χ0) is 23.0. The number of aromatic nitrogens is 1. The number of benzene rings is 3. The molecule has 3 aromatic carbocycles. The van der Waals surface area contributed by atoms with E-state index >= 15 is 0 Å². The second kappa shape index (κ2) is 10.9. The number of rotatable bonds is 9. The number of carbonyl (C=O) groups excluding carboxylic acids is 1. The fraction of sp³-hybridized carbons (Fsp3) is 0.214. The van der Waals surface area contributed by atoms with Crippen LogP contribution in [0, 0.1) is 13.8 Å². The summed E-state index contributed by atoms with van der Waals surface area (Å²) in [7, 11) is 0. The third-order valence-corrected chi connectivity index (χ3v) is 6.33. The molecule has 0 saturated heterocycles. The van der Waals surface area contributed by atoms with Crippen LogP contribution in [0.1, 0.15) is 29.5 Å². The zero-order valence-corrected chi connectivity index (χ0v) is 19.8. The highest BCUT2D eigenvalue weighted by Crippen LogP contribution is 2.29. The van der Waals surface area contributed by atoms with E-state index in [4.69, 9.17) is 9.72 Å². The van der Waals surface area contributed by atoms with Gasteiger partial charge in [0, 0.05) is 29.5 Å². The molecule has 1 aromatic heterocycles. The summed E-state index contributed by atoms with van der Waals surface area (Å²) in [6, 6.07) is 24.5. The third kappa shape index (κ3) is 6.08. The van der Waals surface area contributed by atoms with Crippen LogP contribution in [0.5, 0.6) is 5.75 Å². The number of hydrogen-bond donors (Lipinski definition) is 1. The maximum Gasteiger partial charge on any atom is 0.220 e. The molecule has 0 aliphatic carbocycles. The Labute approximate surface area is 199 Å². The minimum atomic E-state index is 0.0334. The molecule has 0 bridgehead atoms. The van der Waals surface area contributed by atoms with E-state index in [1.807, 2.05) is 62.4 Å². The first kappa shape index (κ1) is 22.7. The van der Waals surface area contributed by atoms with Gasteiger partial charge in [-0.05, 0) is 43.0 Å². The van der Waals surface area contributed by atoms with E-state index in [-0.39, 0.29) is 5.91 Å². The van der Waals surface area contributed by atoms with Crippen LogP contribution in [0.4, 0.5) is 0 Å². The van der Waals surface area contributed by atoms with Crippen LogP contribution in [0.2, 0.25) is 0 Å². The molecule has 0 spiro atoms. The van der Waals surface area contributed by atoms with Crippen molar-refractivity contribution in [2.75, 3.05) is 6.61 Å². The molecule has 0 fully saturated rings. The molecule has 0 aliphatic rings. The van der Waals surface area contributed by atoms with E-state index in [0.29, 0.717) is 26.0 Å².